The quantitative estimate of drug-likeness (QED) is 0.879. The molecule has 3 unspecified atom stereocenters. The van der Waals surface area contributed by atoms with Gasteiger partial charge in [0.25, 0.3) is 0 Å². The molecular formula is C16H24N2. The van der Waals surface area contributed by atoms with Gasteiger partial charge in [0, 0.05) is 25.2 Å². The van der Waals surface area contributed by atoms with Crippen molar-refractivity contribution in [3.63, 3.8) is 0 Å². The largest absolute Gasteiger partial charge is 0.307 e. The summed E-state index contributed by atoms with van der Waals surface area (Å²) in [6.07, 6.45) is 2.73. The molecular weight excluding hydrogens is 220 g/mol. The predicted molar refractivity (Wildman–Crippen MR) is 75.4 cm³/mol. The first-order valence-electron chi connectivity index (χ1n) is 7.15. The van der Waals surface area contributed by atoms with E-state index in [2.05, 4.69) is 54.5 Å². The molecule has 1 saturated carbocycles. The van der Waals surface area contributed by atoms with Gasteiger partial charge in [0.05, 0.1) is 0 Å². The fraction of sp³-hybridized carbons (Fsp3) is 0.625. The molecule has 3 rings (SSSR count). The molecule has 1 N–H and O–H groups in total. The number of benzene rings is 1. The highest BCUT2D eigenvalue weighted by molar-refractivity contribution is 5.15. The molecule has 0 aromatic heterocycles. The molecule has 0 spiro atoms. The van der Waals surface area contributed by atoms with Crippen molar-refractivity contribution in [2.75, 3.05) is 20.1 Å². The zero-order valence-corrected chi connectivity index (χ0v) is 11.5. The third-order valence-electron chi connectivity index (χ3n) is 5.02. The van der Waals surface area contributed by atoms with Crippen LogP contribution in [0.1, 0.15) is 25.3 Å². The standard InChI is InChI=1S/C16H24N2/c1-16(17-10-13-6-4-3-5-7-13)9-8-14-11-18(2)12-15(14)16/h3-7,14-15,17H,8-12H2,1-2H3. The van der Waals surface area contributed by atoms with Crippen molar-refractivity contribution in [2.24, 2.45) is 11.8 Å². The van der Waals surface area contributed by atoms with Crippen LogP contribution in [0.3, 0.4) is 0 Å². The molecule has 0 bridgehead atoms. The van der Waals surface area contributed by atoms with Gasteiger partial charge in [0.15, 0.2) is 0 Å². The van der Waals surface area contributed by atoms with E-state index in [0.717, 1.165) is 18.4 Å². The van der Waals surface area contributed by atoms with Gasteiger partial charge in [0.2, 0.25) is 0 Å². The van der Waals surface area contributed by atoms with Gasteiger partial charge >= 0.3 is 0 Å². The number of hydrogen-bond donors (Lipinski definition) is 1. The lowest BCUT2D eigenvalue weighted by molar-refractivity contribution is 0.245. The SMILES string of the molecule is CN1CC2CCC(C)(NCc3ccccc3)C2C1. The summed E-state index contributed by atoms with van der Waals surface area (Å²) in [6, 6.07) is 10.8. The van der Waals surface area contributed by atoms with Crippen LogP contribution < -0.4 is 5.32 Å². The number of hydrogen-bond acceptors (Lipinski definition) is 2. The highest BCUT2D eigenvalue weighted by atomic mass is 15.2. The van der Waals surface area contributed by atoms with Crippen LogP contribution in [0.4, 0.5) is 0 Å². The lowest BCUT2D eigenvalue weighted by atomic mass is 9.86. The minimum absolute atomic E-state index is 0.339. The molecule has 1 aliphatic heterocycles. The Bertz CT molecular complexity index is 403. The van der Waals surface area contributed by atoms with Gasteiger partial charge < -0.3 is 10.2 Å². The minimum Gasteiger partial charge on any atom is -0.307 e. The predicted octanol–water partition coefficient (Wildman–Crippen LogP) is 2.51. The van der Waals surface area contributed by atoms with E-state index < -0.39 is 0 Å². The third-order valence-corrected chi connectivity index (χ3v) is 5.02. The number of nitrogens with zero attached hydrogens (tertiary/aromatic N) is 1. The Morgan fingerprint density at radius 2 is 2.06 bits per heavy atom. The Hall–Kier alpha value is -0.860. The van der Waals surface area contributed by atoms with Gasteiger partial charge in [0.1, 0.15) is 0 Å². The molecule has 18 heavy (non-hydrogen) atoms. The van der Waals surface area contributed by atoms with Crippen LogP contribution in [0, 0.1) is 11.8 Å². The lowest BCUT2D eigenvalue weighted by Crippen LogP contribution is -2.47. The van der Waals surface area contributed by atoms with Gasteiger partial charge in [-0.2, -0.15) is 0 Å². The molecule has 3 atom stereocenters. The molecule has 2 fully saturated rings. The molecule has 0 radical (unpaired) electrons. The van der Waals surface area contributed by atoms with E-state index in [0.29, 0.717) is 5.54 Å². The maximum atomic E-state index is 3.84. The van der Waals surface area contributed by atoms with Crippen LogP contribution in [-0.4, -0.2) is 30.6 Å². The van der Waals surface area contributed by atoms with E-state index in [-0.39, 0.29) is 0 Å². The topological polar surface area (TPSA) is 15.3 Å². The van der Waals surface area contributed by atoms with Crippen LogP contribution in [0.25, 0.3) is 0 Å². The monoisotopic (exact) mass is 244 g/mol. The van der Waals surface area contributed by atoms with Crippen LogP contribution >= 0.6 is 0 Å². The zero-order valence-electron chi connectivity index (χ0n) is 11.5. The molecule has 1 aliphatic carbocycles. The van der Waals surface area contributed by atoms with Crippen molar-refractivity contribution in [3.05, 3.63) is 35.9 Å². The molecule has 1 aromatic rings. The normalized spacial score (nSPS) is 35.9. The molecule has 1 heterocycles. The molecule has 2 heteroatoms. The molecule has 2 aliphatic rings. The summed E-state index contributed by atoms with van der Waals surface area (Å²) in [6.45, 7) is 6.00. The number of nitrogens with one attached hydrogen (secondary N) is 1. The van der Waals surface area contributed by atoms with Gasteiger partial charge in [-0.25, -0.2) is 0 Å². The average Bonchev–Trinajstić information content (AvgIpc) is 2.89. The summed E-state index contributed by atoms with van der Waals surface area (Å²) in [5.41, 5.74) is 1.74. The number of fused-ring (bicyclic) bond motifs is 1. The van der Waals surface area contributed by atoms with E-state index >= 15 is 0 Å². The average molecular weight is 244 g/mol. The Morgan fingerprint density at radius 1 is 1.28 bits per heavy atom. The van der Waals surface area contributed by atoms with E-state index in [1.165, 1.54) is 31.5 Å². The first-order chi connectivity index (χ1) is 8.67. The summed E-state index contributed by atoms with van der Waals surface area (Å²) in [7, 11) is 2.26. The molecule has 1 aromatic carbocycles. The van der Waals surface area contributed by atoms with Gasteiger partial charge in [-0.1, -0.05) is 30.3 Å². The fourth-order valence-electron chi connectivity index (χ4n) is 3.89. The van der Waals surface area contributed by atoms with Crippen LogP contribution in [0.5, 0.6) is 0 Å². The summed E-state index contributed by atoms with van der Waals surface area (Å²) >= 11 is 0. The van der Waals surface area contributed by atoms with Crippen molar-refractivity contribution in [1.82, 2.24) is 10.2 Å². The second kappa shape index (κ2) is 4.67. The zero-order chi connectivity index (χ0) is 12.6. The number of rotatable bonds is 3. The Balaban J connectivity index is 1.65. The minimum atomic E-state index is 0.339. The van der Waals surface area contributed by atoms with Gasteiger partial charge in [-0.05, 0) is 44.2 Å². The fourth-order valence-corrected chi connectivity index (χ4v) is 3.89. The molecule has 0 amide bonds. The van der Waals surface area contributed by atoms with Gasteiger partial charge in [-0.15, -0.1) is 0 Å². The lowest BCUT2D eigenvalue weighted by Gasteiger charge is -2.33. The highest BCUT2D eigenvalue weighted by Gasteiger charge is 2.48. The second-order valence-corrected chi connectivity index (χ2v) is 6.38. The molecule has 2 nitrogen and oxygen atoms in total. The molecule has 98 valence electrons. The Kier molecular flexibility index (Phi) is 3.16. The Morgan fingerprint density at radius 3 is 2.83 bits per heavy atom. The Labute approximate surface area is 110 Å². The van der Waals surface area contributed by atoms with Crippen molar-refractivity contribution in [2.45, 2.75) is 31.8 Å². The summed E-state index contributed by atoms with van der Waals surface area (Å²) in [4.78, 5) is 2.50. The highest BCUT2D eigenvalue weighted by Crippen LogP contribution is 2.44. The van der Waals surface area contributed by atoms with E-state index in [4.69, 9.17) is 0 Å². The smallest absolute Gasteiger partial charge is 0.0210 e. The van der Waals surface area contributed by atoms with Crippen molar-refractivity contribution < 1.29 is 0 Å². The summed E-state index contributed by atoms with van der Waals surface area (Å²) in [5.74, 6) is 1.76. The van der Waals surface area contributed by atoms with E-state index in [9.17, 15) is 0 Å². The first-order valence-corrected chi connectivity index (χ1v) is 7.15. The number of likely N-dealkylation sites (tertiary alicyclic amines) is 1. The maximum absolute atomic E-state index is 3.84. The summed E-state index contributed by atoms with van der Waals surface area (Å²) in [5, 5.41) is 3.84. The van der Waals surface area contributed by atoms with Crippen LogP contribution in [0.2, 0.25) is 0 Å². The second-order valence-electron chi connectivity index (χ2n) is 6.38. The third kappa shape index (κ3) is 2.19. The van der Waals surface area contributed by atoms with Gasteiger partial charge in [-0.3, -0.25) is 0 Å². The van der Waals surface area contributed by atoms with Crippen molar-refractivity contribution in [1.29, 1.82) is 0 Å². The van der Waals surface area contributed by atoms with E-state index in [1.807, 2.05) is 0 Å². The van der Waals surface area contributed by atoms with Crippen LogP contribution in [-0.2, 0) is 6.54 Å². The summed E-state index contributed by atoms with van der Waals surface area (Å²) < 4.78 is 0. The van der Waals surface area contributed by atoms with Crippen molar-refractivity contribution >= 4 is 0 Å². The van der Waals surface area contributed by atoms with E-state index in [1.54, 1.807) is 0 Å². The van der Waals surface area contributed by atoms with Crippen LogP contribution in [0.15, 0.2) is 30.3 Å². The maximum Gasteiger partial charge on any atom is 0.0210 e. The molecule has 1 saturated heterocycles. The first kappa shape index (κ1) is 12.2. The van der Waals surface area contributed by atoms with Crippen molar-refractivity contribution in [3.8, 4) is 0 Å².